The summed E-state index contributed by atoms with van der Waals surface area (Å²) in [6.45, 7) is 6.31. The summed E-state index contributed by atoms with van der Waals surface area (Å²) in [5.74, 6) is 0.691. The number of rotatable bonds is 5. The molecule has 0 unspecified atom stereocenters. The minimum Gasteiger partial charge on any atom is -0.340 e. The molecule has 0 spiro atoms. The minimum absolute atomic E-state index is 0.122. The molecule has 0 atom stereocenters. The number of carbonyl (C=O) groups is 1. The smallest absolute Gasteiger partial charge is 0.258 e. The first-order valence-electron chi connectivity index (χ1n) is 10.1. The van der Waals surface area contributed by atoms with Gasteiger partial charge in [-0.1, -0.05) is 36.4 Å². The topological polar surface area (TPSA) is 69.3 Å². The Labute approximate surface area is 170 Å². The van der Waals surface area contributed by atoms with E-state index in [2.05, 4.69) is 46.1 Å². The number of carbonyl (C=O) groups excluding carboxylic acids is 1. The Morgan fingerprint density at radius 2 is 1.76 bits per heavy atom. The second kappa shape index (κ2) is 8.57. The molecule has 3 aromatic rings. The Hall–Kier alpha value is -2.99. The van der Waals surface area contributed by atoms with Gasteiger partial charge < -0.3 is 9.88 Å². The number of aryl methyl sites for hydroxylation is 2. The zero-order valence-corrected chi connectivity index (χ0v) is 16.7. The van der Waals surface area contributed by atoms with Gasteiger partial charge in [-0.25, -0.2) is 4.98 Å². The van der Waals surface area contributed by atoms with Crippen molar-refractivity contribution >= 4 is 16.8 Å². The highest BCUT2D eigenvalue weighted by molar-refractivity contribution is 5.78. The molecule has 1 fully saturated rings. The summed E-state index contributed by atoms with van der Waals surface area (Å²) in [6, 6.07) is 15.7. The Morgan fingerprint density at radius 1 is 1.03 bits per heavy atom. The lowest BCUT2D eigenvalue weighted by atomic mass is 10.1. The maximum absolute atomic E-state index is 12.6. The van der Waals surface area contributed by atoms with Crippen LogP contribution in [0.3, 0.4) is 0 Å². The fourth-order valence-corrected chi connectivity index (χ4v) is 3.82. The Balaban J connectivity index is 1.30. The minimum atomic E-state index is -0.150. The van der Waals surface area contributed by atoms with Gasteiger partial charge in [-0.2, -0.15) is 0 Å². The molecule has 0 aliphatic carbocycles. The lowest BCUT2D eigenvalue weighted by Gasteiger charge is -2.35. The summed E-state index contributed by atoms with van der Waals surface area (Å²) < 4.78 is 0. The van der Waals surface area contributed by atoms with Crippen molar-refractivity contribution in [3.63, 3.8) is 0 Å². The molecule has 0 saturated carbocycles. The van der Waals surface area contributed by atoms with Crippen molar-refractivity contribution in [3.05, 3.63) is 75.8 Å². The van der Waals surface area contributed by atoms with Crippen molar-refractivity contribution in [1.82, 2.24) is 19.8 Å². The maximum Gasteiger partial charge on any atom is 0.258 e. The molecule has 6 heteroatoms. The van der Waals surface area contributed by atoms with Crippen molar-refractivity contribution in [2.45, 2.75) is 26.3 Å². The molecule has 29 heavy (non-hydrogen) atoms. The molecule has 0 radical (unpaired) electrons. The van der Waals surface area contributed by atoms with Gasteiger partial charge in [0, 0.05) is 45.6 Å². The lowest BCUT2D eigenvalue weighted by molar-refractivity contribution is -0.133. The average molecular weight is 390 g/mol. The molecular weight excluding hydrogens is 364 g/mol. The van der Waals surface area contributed by atoms with Gasteiger partial charge >= 0.3 is 0 Å². The van der Waals surface area contributed by atoms with E-state index in [1.807, 2.05) is 23.1 Å². The van der Waals surface area contributed by atoms with Crippen LogP contribution in [0.5, 0.6) is 0 Å². The van der Waals surface area contributed by atoms with E-state index in [1.165, 1.54) is 11.1 Å². The number of nitrogens with one attached hydrogen (secondary N) is 1. The summed E-state index contributed by atoms with van der Waals surface area (Å²) >= 11 is 0. The quantitative estimate of drug-likeness (QED) is 0.727. The average Bonchev–Trinajstić information content (AvgIpc) is 2.74. The molecule has 1 saturated heterocycles. The first kappa shape index (κ1) is 19.3. The molecule has 6 nitrogen and oxygen atoms in total. The zero-order valence-electron chi connectivity index (χ0n) is 16.7. The summed E-state index contributed by atoms with van der Waals surface area (Å²) in [4.78, 5) is 36.4. The highest BCUT2D eigenvalue weighted by Crippen LogP contribution is 2.13. The molecule has 0 bridgehead atoms. The fraction of sp³-hybridized carbons (Fsp3) is 0.348. The number of hydrogen-bond acceptors (Lipinski definition) is 4. The SMILES string of the molecule is Cc1ccccc1CN1CCN(C(=O)CCc2nc3ccccc3c(=O)[nH]2)CC1. The number of fused-ring (bicyclic) bond motifs is 1. The standard InChI is InChI=1S/C23H26N4O2/c1-17-6-2-3-7-18(17)16-26-12-14-27(15-13-26)22(28)11-10-21-24-20-9-5-4-8-19(20)23(29)25-21/h2-9H,10-16H2,1H3,(H,24,25,29). The van der Waals surface area contributed by atoms with E-state index >= 15 is 0 Å². The van der Waals surface area contributed by atoms with Gasteiger partial charge in [0.05, 0.1) is 10.9 Å². The molecule has 1 aliphatic heterocycles. The Bertz CT molecular complexity index is 1070. The van der Waals surface area contributed by atoms with Crippen LogP contribution in [0.25, 0.3) is 10.9 Å². The molecule has 150 valence electrons. The Kier molecular flexibility index (Phi) is 5.71. The van der Waals surface area contributed by atoms with E-state index in [0.29, 0.717) is 29.6 Å². The van der Waals surface area contributed by atoms with Crippen molar-refractivity contribution in [2.75, 3.05) is 26.2 Å². The number of hydrogen-bond donors (Lipinski definition) is 1. The normalized spacial score (nSPS) is 15.0. The van der Waals surface area contributed by atoms with Crippen LogP contribution in [-0.4, -0.2) is 51.9 Å². The number of aromatic amines is 1. The van der Waals surface area contributed by atoms with Gasteiger partial charge in [0.1, 0.15) is 5.82 Å². The predicted molar refractivity (Wildman–Crippen MR) is 114 cm³/mol. The van der Waals surface area contributed by atoms with E-state index in [-0.39, 0.29) is 11.5 Å². The van der Waals surface area contributed by atoms with Crippen molar-refractivity contribution in [3.8, 4) is 0 Å². The highest BCUT2D eigenvalue weighted by Gasteiger charge is 2.21. The van der Waals surface area contributed by atoms with Crippen LogP contribution in [0, 0.1) is 6.92 Å². The van der Waals surface area contributed by atoms with E-state index in [4.69, 9.17) is 0 Å². The van der Waals surface area contributed by atoms with Gasteiger partial charge in [0.2, 0.25) is 5.91 Å². The first-order valence-corrected chi connectivity index (χ1v) is 10.1. The summed E-state index contributed by atoms with van der Waals surface area (Å²) in [6.07, 6.45) is 0.807. The highest BCUT2D eigenvalue weighted by atomic mass is 16.2. The molecule has 2 aromatic carbocycles. The lowest BCUT2D eigenvalue weighted by Crippen LogP contribution is -2.48. The van der Waals surface area contributed by atoms with Crippen LogP contribution in [-0.2, 0) is 17.8 Å². The third kappa shape index (κ3) is 4.54. The second-order valence-electron chi connectivity index (χ2n) is 7.61. The van der Waals surface area contributed by atoms with Crippen molar-refractivity contribution < 1.29 is 4.79 Å². The Morgan fingerprint density at radius 3 is 2.55 bits per heavy atom. The van der Waals surface area contributed by atoms with Crippen LogP contribution in [0.4, 0.5) is 0 Å². The monoisotopic (exact) mass is 390 g/mol. The van der Waals surface area contributed by atoms with Crippen molar-refractivity contribution in [2.24, 2.45) is 0 Å². The number of amides is 1. The van der Waals surface area contributed by atoms with E-state index in [0.717, 1.165) is 32.7 Å². The van der Waals surface area contributed by atoms with E-state index < -0.39 is 0 Å². The summed E-state index contributed by atoms with van der Waals surface area (Å²) in [5.41, 5.74) is 3.17. The number of benzene rings is 2. The third-order valence-electron chi connectivity index (χ3n) is 5.62. The number of piperazine rings is 1. The van der Waals surface area contributed by atoms with Gasteiger partial charge in [-0.15, -0.1) is 0 Å². The fourth-order valence-electron chi connectivity index (χ4n) is 3.82. The van der Waals surface area contributed by atoms with Crippen LogP contribution in [0.1, 0.15) is 23.4 Å². The molecule has 1 N–H and O–H groups in total. The second-order valence-corrected chi connectivity index (χ2v) is 7.61. The number of para-hydroxylation sites is 1. The van der Waals surface area contributed by atoms with Crippen LogP contribution in [0.15, 0.2) is 53.3 Å². The molecule has 4 rings (SSSR count). The van der Waals surface area contributed by atoms with E-state index in [9.17, 15) is 9.59 Å². The zero-order chi connectivity index (χ0) is 20.2. The molecule has 1 aromatic heterocycles. The van der Waals surface area contributed by atoms with Gasteiger partial charge in [0.15, 0.2) is 0 Å². The number of aromatic nitrogens is 2. The van der Waals surface area contributed by atoms with Crippen LogP contribution in [0.2, 0.25) is 0 Å². The van der Waals surface area contributed by atoms with Crippen LogP contribution >= 0.6 is 0 Å². The summed E-state index contributed by atoms with van der Waals surface area (Å²) in [5, 5.41) is 0.576. The van der Waals surface area contributed by atoms with Gasteiger partial charge in [0.25, 0.3) is 5.56 Å². The van der Waals surface area contributed by atoms with Gasteiger partial charge in [-0.05, 0) is 30.2 Å². The summed E-state index contributed by atoms with van der Waals surface area (Å²) in [7, 11) is 0. The molecule has 2 heterocycles. The first-order chi connectivity index (χ1) is 14.1. The third-order valence-corrected chi connectivity index (χ3v) is 5.62. The number of H-pyrrole nitrogens is 1. The predicted octanol–water partition coefficient (Wildman–Crippen LogP) is 2.51. The molecule has 1 aliphatic rings. The number of nitrogens with zero attached hydrogens (tertiary/aromatic N) is 3. The maximum atomic E-state index is 12.6. The molecule has 1 amide bonds. The van der Waals surface area contributed by atoms with Gasteiger partial charge in [-0.3, -0.25) is 14.5 Å². The largest absolute Gasteiger partial charge is 0.340 e. The van der Waals surface area contributed by atoms with E-state index in [1.54, 1.807) is 6.07 Å². The molecular formula is C23H26N4O2. The van der Waals surface area contributed by atoms with Crippen molar-refractivity contribution in [1.29, 1.82) is 0 Å². The van der Waals surface area contributed by atoms with Crippen LogP contribution < -0.4 is 5.56 Å².